The molecule has 1 aliphatic heterocycles. The number of amides is 1. The Labute approximate surface area is 163 Å². The van der Waals surface area contributed by atoms with Crippen molar-refractivity contribution in [3.8, 4) is 11.4 Å². The van der Waals surface area contributed by atoms with Crippen molar-refractivity contribution in [3.05, 3.63) is 60.4 Å². The molecule has 0 unspecified atom stereocenters. The van der Waals surface area contributed by atoms with E-state index in [-0.39, 0.29) is 5.91 Å². The van der Waals surface area contributed by atoms with Crippen molar-refractivity contribution in [1.29, 1.82) is 0 Å². The van der Waals surface area contributed by atoms with E-state index in [2.05, 4.69) is 31.8 Å². The largest absolute Gasteiger partial charge is 0.495 e. The quantitative estimate of drug-likeness (QED) is 0.705. The van der Waals surface area contributed by atoms with Gasteiger partial charge in [0.2, 0.25) is 0 Å². The number of anilines is 1. The highest BCUT2D eigenvalue weighted by atomic mass is 16.5. The number of nitrogens with zero attached hydrogens (tertiary/aromatic N) is 5. The third-order valence-electron chi connectivity index (χ3n) is 4.98. The van der Waals surface area contributed by atoms with E-state index in [1.165, 1.54) is 11.0 Å². The number of ether oxygens (including phenoxy) is 1. The van der Waals surface area contributed by atoms with E-state index >= 15 is 0 Å². The maximum atomic E-state index is 12.6. The minimum atomic E-state index is -0.0920. The summed E-state index contributed by atoms with van der Waals surface area (Å²) in [6.45, 7) is 2.49. The Morgan fingerprint density at radius 2 is 2.14 bits per heavy atom. The van der Waals surface area contributed by atoms with E-state index in [9.17, 15) is 4.79 Å². The number of carbonyl (C=O) groups excluding carboxylic acids is 1. The monoisotopic (exact) mass is 378 g/mol. The third kappa shape index (κ3) is 3.80. The predicted molar refractivity (Wildman–Crippen MR) is 105 cm³/mol. The first-order valence-corrected chi connectivity index (χ1v) is 9.24. The van der Waals surface area contributed by atoms with Crippen molar-refractivity contribution in [1.82, 2.24) is 25.5 Å². The molecule has 0 spiro atoms. The topological polar surface area (TPSA) is 85.2 Å². The normalized spacial score (nSPS) is 16.2. The molecule has 1 fully saturated rings. The van der Waals surface area contributed by atoms with Crippen LogP contribution in [-0.2, 0) is 0 Å². The summed E-state index contributed by atoms with van der Waals surface area (Å²) in [4.78, 5) is 14.9. The fourth-order valence-corrected chi connectivity index (χ4v) is 3.52. The average Bonchev–Trinajstić information content (AvgIpc) is 3.44. The van der Waals surface area contributed by atoms with Gasteiger partial charge in [0, 0.05) is 25.2 Å². The number of aromatic nitrogens is 4. The molecule has 1 aliphatic rings. The lowest BCUT2D eigenvalue weighted by Crippen LogP contribution is -2.31. The smallest absolute Gasteiger partial charge is 0.251 e. The van der Waals surface area contributed by atoms with Crippen molar-refractivity contribution in [2.24, 2.45) is 5.92 Å². The maximum Gasteiger partial charge on any atom is 0.251 e. The molecule has 1 amide bonds. The van der Waals surface area contributed by atoms with Gasteiger partial charge in [0.25, 0.3) is 5.91 Å². The van der Waals surface area contributed by atoms with Crippen LogP contribution in [0.1, 0.15) is 16.8 Å². The van der Waals surface area contributed by atoms with Gasteiger partial charge < -0.3 is 15.0 Å². The molecule has 3 aromatic rings. The van der Waals surface area contributed by atoms with Gasteiger partial charge in [-0.2, -0.15) is 0 Å². The lowest BCUT2D eigenvalue weighted by Gasteiger charge is -2.21. The van der Waals surface area contributed by atoms with Crippen LogP contribution < -0.4 is 15.0 Å². The standard InChI is InChI=1S/C20H22N6O2/c1-28-19-8-3-2-7-18(19)25-10-9-15(13-25)12-21-20(27)16-5-4-6-17(11-16)26-14-22-23-24-26/h2-8,11,14-15H,9-10,12-13H2,1H3,(H,21,27)/t15-/m0/s1. The van der Waals surface area contributed by atoms with E-state index in [0.717, 1.165) is 36.6 Å². The van der Waals surface area contributed by atoms with E-state index in [1.54, 1.807) is 19.2 Å². The zero-order valence-electron chi connectivity index (χ0n) is 15.7. The molecule has 1 aromatic heterocycles. The number of carbonyl (C=O) groups is 1. The number of nitrogens with one attached hydrogen (secondary N) is 1. The summed E-state index contributed by atoms with van der Waals surface area (Å²) >= 11 is 0. The van der Waals surface area contributed by atoms with Gasteiger partial charge in [-0.25, -0.2) is 4.68 Å². The SMILES string of the molecule is COc1ccccc1N1CC[C@@H](CNC(=O)c2cccc(-n3cnnn3)c2)C1. The van der Waals surface area contributed by atoms with Gasteiger partial charge in [0.05, 0.1) is 18.5 Å². The Morgan fingerprint density at radius 1 is 1.25 bits per heavy atom. The molecule has 1 atom stereocenters. The lowest BCUT2D eigenvalue weighted by atomic mass is 10.1. The average molecular weight is 378 g/mol. The first kappa shape index (κ1) is 18.0. The third-order valence-corrected chi connectivity index (χ3v) is 4.98. The summed E-state index contributed by atoms with van der Waals surface area (Å²) in [5.41, 5.74) is 2.45. The van der Waals surface area contributed by atoms with Crippen LogP contribution in [0.4, 0.5) is 5.69 Å². The van der Waals surface area contributed by atoms with E-state index < -0.39 is 0 Å². The molecule has 8 nitrogen and oxygen atoms in total. The van der Waals surface area contributed by atoms with Gasteiger partial charge in [-0.3, -0.25) is 4.79 Å². The zero-order chi connectivity index (χ0) is 19.3. The first-order valence-electron chi connectivity index (χ1n) is 9.24. The minimum Gasteiger partial charge on any atom is -0.495 e. The summed E-state index contributed by atoms with van der Waals surface area (Å²) in [5.74, 6) is 1.19. The highest BCUT2D eigenvalue weighted by Gasteiger charge is 2.25. The second-order valence-electron chi connectivity index (χ2n) is 6.79. The number of benzene rings is 2. The van der Waals surface area contributed by atoms with E-state index in [1.807, 2.05) is 30.3 Å². The van der Waals surface area contributed by atoms with Crippen LogP contribution >= 0.6 is 0 Å². The number of rotatable bonds is 6. The minimum absolute atomic E-state index is 0.0920. The number of tetrazole rings is 1. The summed E-state index contributed by atoms with van der Waals surface area (Å²) in [7, 11) is 1.69. The molecule has 144 valence electrons. The molecular formula is C20H22N6O2. The Balaban J connectivity index is 1.35. The Kier molecular flexibility index (Phi) is 5.18. The molecule has 0 radical (unpaired) electrons. The maximum absolute atomic E-state index is 12.6. The second kappa shape index (κ2) is 8.08. The van der Waals surface area contributed by atoms with Crippen molar-refractivity contribution >= 4 is 11.6 Å². The molecular weight excluding hydrogens is 356 g/mol. The molecule has 28 heavy (non-hydrogen) atoms. The van der Waals surface area contributed by atoms with E-state index in [4.69, 9.17) is 4.74 Å². The predicted octanol–water partition coefficient (Wildman–Crippen LogP) is 1.93. The van der Waals surface area contributed by atoms with Crippen LogP contribution in [0, 0.1) is 5.92 Å². The number of methoxy groups -OCH3 is 1. The van der Waals surface area contributed by atoms with Gasteiger partial charge in [-0.1, -0.05) is 18.2 Å². The molecule has 1 N–H and O–H groups in total. The zero-order valence-corrected chi connectivity index (χ0v) is 15.7. The van der Waals surface area contributed by atoms with Gasteiger partial charge in [-0.05, 0) is 53.1 Å². The lowest BCUT2D eigenvalue weighted by molar-refractivity contribution is 0.0948. The number of hydrogen-bond donors (Lipinski definition) is 1. The number of para-hydroxylation sites is 2. The van der Waals surface area contributed by atoms with Gasteiger partial charge in [-0.15, -0.1) is 5.10 Å². The highest BCUT2D eigenvalue weighted by Crippen LogP contribution is 2.31. The van der Waals surface area contributed by atoms with Crippen molar-refractivity contribution < 1.29 is 9.53 Å². The highest BCUT2D eigenvalue weighted by molar-refractivity contribution is 5.94. The molecule has 0 aliphatic carbocycles. The Morgan fingerprint density at radius 3 is 2.96 bits per heavy atom. The summed E-state index contributed by atoms with van der Waals surface area (Å²) < 4.78 is 6.99. The van der Waals surface area contributed by atoms with Crippen LogP contribution in [0.3, 0.4) is 0 Å². The molecule has 2 heterocycles. The molecule has 4 rings (SSSR count). The van der Waals surface area contributed by atoms with Crippen LogP contribution in [-0.4, -0.2) is 52.9 Å². The first-order chi connectivity index (χ1) is 13.7. The molecule has 2 aromatic carbocycles. The Hall–Kier alpha value is -3.42. The van der Waals surface area contributed by atoms with Gasteiger partial charge in [0.1, 0.15) is 12.1 Å². The van der Waals surface area contributed by atoms with Crippen molar-refractivity contribution in [2.75, 3.05) is 31.6 Å². The van der Waals surface area contributed by atoms with Crippen LogP contribution in [0.2, 0.25) is 0 Å². The second-order valence-corrected chi connectivity index (χ2v) is 6.79. The fraction of sp³-hybridized carbons (Fsp3) is 0.300. The van der Waals surface area contributed by atoms with Crippen molar-refractivity contribution in [2.45, 2.75) is 6.42 Å². The van der Waals surface area contributed by atoms with Gasteiger partial charge >= 0.3 is 0 Å². The molecule has 0 saturated carbocycles. The number of hydrogen-bond acceptors (Lipinski definition) is 6. The molecule has 1 saturated heterocycles. The van der Waals surface area contributed by atoms with Crippen LogP contribution in [0.25, 0.3) is 5.69 Å². The fourth-order valence-electron chi connectivity index (χ4n) is 3.52. The molecule has 0 bridgehead atoms. The summed E-state index contributed by atoms with van der Waals surface area (Å²) in [6.07, 6.45) is 2.53. The van der Waals surface area contributed by atoms with Crippen LogP contribution in [0.5, 0.6) is 5.75 Å². The summed E-state index contributed by atoms with van der Waals surface area (Å²) in [6, 6.07) is 15.3. The van der Waals surface area contributed by atoms with Gasteiger partial charge in [0.15, 0.2) is 0 Å². The van der Waals surface area contributed by atoms with E-state index in [0.29, 0.717) is 18.0 Å². The summed E-state index contributed by atoms with van der Waals surface area (Å²) in [5, 5.41) is 14.2. The molecule has 8 heteroatoms. The van der Waals surface area contributed by atoms with Crippen LogP contribution in [0.15, 0.2) is 54.9 Å². The van der Waals surface area contributed by atoms with Crippen molar-refractivity contribution in [3.63, 3.8) is 0 Å². The Bertz CT molecular complexity index is 943.